The van der Waals surface area contributed by atoms with Crippen LogP contribution in [0.3, 0.4) is 0 Å². The summed E-state index contributed by atoms with van der Waals surface area (Å²) in [4.78, 5) is 23.5. The molecule has 0 N–H and O–H groups in total. The topological polar surface area (TPSA) is 81.9 Å². The molecule has 2 unspecified atom stereocenters. The lowest BCUT2D eigenvalue weighted by molar-refractivity contribution is -0.113. The number of nitriles is 1. The third-order valence-electron chi connectivity index (χ3n) is 8.40. The van der Waals surface area contributed by atoms with Crippen LogP contribution in [0.1, 0.15) is 42.5 Å². The van der Waals surface area contributed by atoms with Gasteiger partial charge in [0, 0.05) is 55.1 Å². The Morgan fingerprint density at radius 1 is 1.24 bits per heavy atom. The smallest absolute Gasteiger partial charge is 0.186 e. The van der Waals surface area contributed by atoms with Gasteiger partial charge in [-0.25, -0.2) is 4.98 Å². The number of aldehydes is 1. The second-order valence-corrected chi connectivity index (χ2v) is 12.9. The van der Waals surface area contributed by atoms with Crippen molar-refractivity contribution in [3.05, 3.63) is 64.0 Å². The molecule has 0 spiro atoms. The second kappa shape index (κ2) is 11.5. The summed E-state index contributed by atoms with van der Waals surface area (Å²) in [7, 11) is 0. The average Bonchev–Trinajstić information content (AvgIpc) is 3.54. The van der Waals surface area contributed by atoms with Gasteiger partial charge in [-0.2, -0.15) is 5.26 Å². The van der Waals surface area contributed by atoms with Gasteiger partial charge in [-0.1, -0.05) is 23.8 Å². The molecule has 8 nitrogen and oxygen atoms in total. The van der Waals surface area contributed by atoms with E-state index in [0.717, 1.165) is 97.5 Å². The van der Waals surface area contributed by atoms with Gasteiger partial charge in [0.25, 0.3) is 0 Å². The molecule has 6 rings (SSSR count). The van der Waals surface area contributed by atoms with Gasteiger partial charge < -0.3 is 19.2 Å². The van der Waals surface area contributed by atoms with Crippen molar-refractivity contribution < 1.29 is 14.3 Å². The predicted octanol–water partition coefficient (Wildman–Crippen LogP) is 4.85. The number of benzene rings is 2. The van der Waals surface area contributed by atoms with Crippen molar-refractivity contribution in [2.75, 3.05) is 44.4 Å². The Balaban J connectivity index is 1.16. The van der Waals surface area contributed by atoms with Crippen LogP contribution in [-0.4, -0.2) is 72.2 Å². The van der Waals surface area contributed by atoms with Crippen LogP contribution in [0.15, 0.2) is 41.8 Å². The molecule has 2 aromatic carbocycles. The lowest BCUT2D eigenvalue weighted by Crippen LogP contribution is -2.51. The zero-order chi connectivity index (χ0) is 28.6. The molecule has 41 heavy (non-hydrogen) atoms. The highest BCUT2D eigenvalue weighted by atomic mass is 32.1. The van der Waals surface area contributed by atoms with Crippen LogP contribution in [0.2, 0.25) is 0 Å². The lowest BCUT2D eigenvalue weighted by atomic mass is 10.00. The van der Waals surface area contributed by atoms with E-state index in [9.17, 15) is 10.1 Å². The average molecular weight is 572 g/mol. The van der Waals surface area contributed by atoms with Gasteiger partial charge in [0.2, 0.25) is 0 Å². The third kappa shape index (κ3) is 6.02. The van der Waals surface area contributed by atoms with Gasteiger partial charge in [0.05, 0.1) is 42.2 Å². The maximum atomic E-state index is 11.5. The van der Waals surface area contributed by atoms with Crippen LogP contribution in [0.25, 0.3) is 11.3 Å². The van der Waals surface area contributed by atoms with E-state index in [4.69, 9.17) is 14.5 Å². The molecule has 4 heterocycles. The summed E-state index contributed by atoms with van der Waals surface area (Å²) in [6, 6.07) is 14.7. The van der Waals surface area contributed by atoms with Crippen LogP contribution < -0.4 is 9.64 Å². The molecule has 3 aliphatic heterocycles. The summed E-state index contributed by atoms with van der Waals surface area (Å²) in [5.74, 6) is 1.12. The van der Waals surface area contributed by atoms with Crippen molar-refractivity contribution in [1.29, 1.82) is 5.26 Å². The molecular weight excluding hydrogens is 534 g/mol. The second-order valence-electron chi connectivity index (χ2n) is 12.1. The largest absolute Gasteiger partial charge is 0.488 e. The maximum absolute atomic E-state index is 11.5. The summed E-state index contributed by atoms with van der Waals surface area (Å²) in [6.45, 7) is 12.4. The standard InChI is InChI=1S/C32H37N5O3S/c1-22-4-7-30(27(12-22)28-19-41-31(34-28)37-16-24-8-9-36(21-37)29(24)17-38)39-18-25-6-5-23(13-26(25)14-33)15-35-10-11-40-32(2,3)20-35/h4-7,12-13,17,19,24,29H,8-11,15-16,18,20-21H2,1-3H3/t24?,29-/m0/s1. The number of aromatic nitrogens is 1. The summed E-state index contributed by atoms with van der Waals surface area (Å²) < 4.78 is 12.2. The van der Waals surface area contributed by atoms with Crippen LogP contribution in [0, 0.1) is 24.2 Å². The molecule has 3 fully saturated rings. The van der Waals surface area contributed by atoms with Crippen molar-refractivity contribution >= 4 is 22.8 Å². The molecule has 3 atom stereocenters. The summed E-state index contributed by atoms with van der Waals surface area (Å²) in [5.41, 5.74) is 5.44. The molecule has 0 amide bonds. The number of thiazole rings is 1. The monoisotopic (exact) mass is 571 g/mol. The number of morpholine rings is 1. The van der Waals surface area contributed by atoms with Crippen molar-refractivity contribution in [2.24, 2.45) is 5.92 Å². The molecular formula is C32H37N5O3S. The van der Waals surface area contributed by atoms with Crippen LogP contribution in [0.4, 0.5) is 5.13 Å². The molecule has 3 saturated heterocycles. The van der Waals surface area contributed by atoms with E-state index in [2.05, 4.69) is 59.1 Å². The minimum absolute atomic E-state index is 0.0429. The Kier molecular flexibility index (Phi) is 7.84. The predicted molar refractivity (Wildman–Crippen MR) is 160 cm³/mol. The Morgan fingerprint density at radius 3 is 2.90 bits per heavy atom. The number of hydrogen-bond acceptors (Lipinski definition) is 9. The first-order chi connectivity index (χ1) is 19.8. The van der Waals surface area contributed by atoms with Gasteiger partial charge in [-0.05, 0) is 51.0 Å². The van der Waals surface area contributed by atoms with E-state index in [1.54, 1.807) is 11.3 Å². The Morgan fingerprint density at radius 2 is 2.12 bits per heavy atom. The van der Waals surface area contributed by atoms with Gasteiger partial charge in [0.1, 0.15) is 18.6 Å². The highest BCUT2D eigenvalue weighted by Gasteiger charge is 2.40. The van der Waals surface area contributed by atoms with E-state index >= 15 is 0 Å². The highest BCUT2D eigenvalue weighted by Crippen LogP contribution is 2.37. The fraction of sp³-hybridized carbons (Fsp3) is 0.469. The van der Waals surface area contributed by atoms with Gasteiger partial charge >= 0.3 is 0 Å². The summed E-state index contributed by atoms with van der Waals surface area (Å²) in [6.07, 6.45) is 2.17. The van der Waals surface area contributed by atoms with Crippen molar-refractivity contribution in [3.8, 4) is 23.1 Å². The van der Waals surface area contributed by atoms with E-state index in [1.165, 1.54) is 0 Å². The minimum Gasteiger partial charge on any atom is -0.488 e. The molecule has 214 valence electrons. The molecule has 3 aromatic rings. The first-order valence-corrected chi connectivity index (χ1v) is 15.2. The molecule has 9 heteroatoms. The zero-order valence-corrected chi connectivity index (χ0v) is 24.8. The number of rotatable bonds is 8. The molecule has 0 aliphatic carbocycles. The van der Waals surface area contributed by atoms with Crippen molar-refractivity contribution in [2.45, 2.75) is 52.0 Å². The van der Waals surface area contributed by atoms with E-state index < -0.39 is 0 Å². The molecule has 0 saturated carbocycles. The summed E-state index contributed by atoms with van der Waals surface area (Å²) in [5, 5.41) is 13.0. The molecule has 3 aliphatic rings. The van der Waals surface area contributed by atoms with Gasteiger partial charge in [0.15, 0.2) is 5.13 Å². The number of nitrogens with zero attached hydrogens (tertiary/aromatic N) is 5. The Bertz CT molecular complexity index is 1450. The molecule has 1 aromatic heterocycles. The van der Waals surface area contributed by atoms with Crippen LogP contribution in [-0.2, 0) is 22.7 Å². The third-order valence-corrected chi connectivity index (χ3v) is 9.30. The quantitative estimate of drug-likeness (QED) is 0.355. The molecule has 2 bridgehead atoms. The lowest BCUT2D eigenvalue weighted by Gasteiger charge is -2.38. The number of hydrogen-bond donors (Lipinski definition) is 0. The number of carbonyl (C=O) groups excluding carboxylic acids is 1. The fourth-order valence-electron chi connectivity index (χ4n) is 6.33. The maximum Gasteiger partial charge on any atom is 0.186 e. The zero-order valence-electron chi connectivity index (χ0n) is 24.0. The van der Waals surface area contributed by atoms with E-state index in [1.807, 2.05) is 24.3 Å². The van der Waals surface area contributed by atoms with E-state index in [0.29, 0.717) is 18.1 Å². The Labute approximate surface area is 246 Å². The van der Waals surface area contributed by atoms with Crippen LogP contribution >= 0.6 is 11.3 Å². The SMILES string of the molecule is Cc1ccc(OCc2ccc(CN3CCOC(C)(C)C3)cc2C#N)c(-c2csc(N3CC4CCN(C3)[C@H]4C=O)n2)c1. The minimum atomic E-state index is -0.154. The number of fused-ring (bicyclic) bond motifs is 2. The van der Waals surface area contributed by atoms with Gasteiger partial charge in [-0.15, -0.1) is 11.3 Å². The number of anilines is 1. The Hall–Kier alpha value is -3.29. The van der Waals surface area contributed by atoms with Crippen molar-refractivity contribution in [3.63, 3.8) is 0 Å². The van der Waals surface area contributed by atoms with Gasteiger partial charge in [-0.3, -0.25) is 9.80 Å². The fourth-order valence-corrected chi connectivity index (χ4v) is 7.16. The molecule has 0 radical (unpaired) electrons. The van der Waals surface area contributed by atoms with Crippen LogP contribution in [0.5, 0.6) is 5.75 Å². The number of aryl methyl sites for hydroxylation is 1. The first kappa shape index (κ1) is 27.9. The highest BCUT2D eigenvalue weighted by molar-refractivity contribution is 7.14. The number of ether oxygens (including phenoxy) is 2. The first-order valence-electron chi connectivity index (χ1n) is 14.3. The summed E-state index contributed by atoms with van der Waals surface area (Å²) >= 11 is 1.63. The number of carbonyl (C=O) groups is 1. The van der Waals surface area contributed by atoms with E-state index in [-0.39, 0.29) is 11.6 Å². The normalized spacial score (nSPS) is 23.8. The van der Waals surface area contributed by atoms with Crippen molar-refractivity contribution in [1.82, 2.24) is 14.8 Å².